The minimum absolute atomic E-state index is 0.888. The number of thiophene rings is 1. The molecule has 0 spiro atoms. The molecule has 0 amide bonds. The molecule has 0 saturated carbocycles. The number of hydrogen-bond acceptors (Lipinski definition) is 2. The summed E-state index contributed by atoms with van der Waals surface area (Å²) in [6, 6.07) is 96.7. The van der Waals surface area contributed by atoms with Crippen LogP contribution in [-0.4, -0.2) is 31.2 Å². The van der Waals surface area contributed by atoms with Crippen LogP contribution in [0.25, 0.3) is 109 Å². The average Bonchev–Trinajstić information content (AvgIpc) is 4.30. The molecule has 5 aromatic heterocycles. The Balaban J connectivity index is 1.03. The van der Waals surface area contributed by atoms with E-state index in [0.717, 1.165) is 61.3 Å². The van der Waals surface area contributed by atoms with Gasteiger partial charge in [0.15, 0.2) is 8.07 Å². The highest BCUT2D eigenvalue weighted by Gasteiger charge is 2.42. The Morgan fingerprint density at radius 2 is 0.851 bits per heavy atom. The molecule has 0 radical (unpaired) electrons. The Hall–Kier alpha value is -9.27. The van der Waals surface area contributed by atoms with Gasteiger partial charge in [-0.1, -0.05) is 188 Å². The Kier molecular flexibility index (Phi) is 8.86. The Labute approximate surface area is 430 Å². The Morgan fingerprint density at radius 3 is 1.53 bits per heavy atom. The normalized spacial score (nSPS) is 12.3. The zero-order chi connectivity index (χ0) is 48.5. The molecule has 0 fully saturated rings. The van der Waals surface area contributed by atoms with Gasteiger partial charge in [-0.15, -0.1) is 11.3 Å². The first-order valence-corrected chi connectivity index (χ1v) is 28.1. The van der Waals surface area contributed by atoms with Crippen molar-refractivity contribution in [1.29, 1.82) is 0 Å². The first-order chi connectivity index (χ1) is 36.7. The molecule has 0 unspecified atom stereocenters. The number of para-hydroxylation sites is 4. The molecule has 5 nitrogen and oxygen atoms in total. The third-order valence-electron chi connectivity index (χ3n) is 15.7. The molecule has 0 aliphatic carbocycles. The second-order valence-corrected chi connectivity index (χ2v) is 24.3. The molecule has 16 rings (SSSR count). The summed E-state index contributed by atoms with van der Waals surface area (Å²) >= 11 is 1.85. The molecular formula is C67H43N5SSi. The predicted molar refractivity (Wildman–Crippen MR) is 315 cm³/mol. The van der Waals surface area contributed by atoms with E-state index < -0.39 is 8.07 Å². The maximum atomic E-state index is 5.88. The van der Waals surface area contributed by atoms with Gasteiger partial charge in [-0.05, 0) is 93.5 Å². The third-order valence-corrected chi connectivity index (χ3v) is 21.7. The summed E-state index contributed by atoms with van der Waals surface area (Å²) in [5.74, 6) is 0.888. The first kappa shape index (κ1) is 41.4. The van der Waals surface area contributed by atoms with Gasteiger partial charge in [0.25, 0.3) is 0 Å². The number of fused-ring (bicyclic) bond motifs is 15. The minimum Gasteiger partial charge on any atom is -0.309 e. The Morgan fingerprint density at radius 1 is 0.324 bits per heavy atom. The van der Waals surface area contributed by atoms with E-state index in [2.05, 4.69) is 279 Å². The first-order valence-electron chi connectivity index (χ1n) is 25.3. The summed E-state index contributed by atoms with van der Waals surface area (Å²) in [5.41, 5.74) is 12.1. The van der Waals surface area contributed by atoms with Gasteiger partial charge in [0, 0.05) is 48.4 Å². The number of benzene rings is 11. The van der Waals surface area contributed by atoms with E-state index in [1.807, 2.05) is 11.3 Å². The van der Waals surface area contributed by atoms with Gasteiger partial charge in [0.2, 0.25) is 5.78 Å². The quantitative estimate of drug-likeness (QED) is 0.116. The highest BCUT2D eigenvalue weighted by Crippen LogP contribution is 2.43. The molecule has 0 atom stereocenters. The molecule has 0 aliphatic heterocycles. The standard InChI is InChI=1S/C67H43N5SSi/c1-4-22-46(23-5-1)74(47-24-6-2-7-25-47,48-26-8-3-9-27-48)49-38-40-58-55(43-49)53-39-41-61-64(65(53)70(58)45-21-18-20-44(42-45)69-56-32-13-10-28-50(56)51-29-11-14-33-57(51)69)68-67-71(61)59-34-15-16-35-60(59)72(67)62-36-19-31-54-52-30-12-17-37-63(52)73-66(54)62/h1-43H. The molecule has 0 saturated heterocycles. The van der Waals surface area contributed by atoms with Crippen LogP contribution >= 0.6 is 11.3 Å². The van der Waals surface area contributed by atoms with Crippen LogP contribution in [-0.2, 0) is 0 Å². The van der Waals surface area contributed by atoms with Gasteiger partial charge in [-0.25, -0.2) is 4.98 Å². The molecule has 0 aliphatic rings. The zero-order valence-electron chi connectivity index (χ0n) is 40.0. The Bertz CT molecular complexity index is 4760. The molecule has 0 bridgehead atoms. The fraction of sp³-hybridized carbons (Fsp3) is 0. The SMILES string of the molecule is c1ccc([Si](c2ccccc2)(c2ccccc2)c2ccc3c(c2)c2ccc4c(nc5n(-c6cccc7c6sc6ccccc67)c6ccccc6n45)c2n3-c2cccc(-n3c4ccccc4c4ccccc43)c2)cc1. The average molecular weight is 978 g/mol. The maximum Gasteiger partial charge on any atom is 0.220 e. The molecule has 0 N–H and O–H groups in total. The lowest BCUT2D eigenvalue weighted by atomic mass is 10.1. The van der Waals surface area contributed by atoms with Gasteiger partial charge in [-0.3, -0.25) is 8.97 Å². The molecule has 346 valence electrons. The van der Waals surface area contributed by atoms with Crippen molar-refractivity contribution in [2.24, 2.45) is 0 Å². The van der Waals surface area contributed by atoms with E-state index in [1.165, 1.54) is 68.1 Å². The van der Waals surface area contributed by atoms with Gasteiger partial charge in [0.05, 0.1) is 49.0 Å². The van der Waals surface area contributed by atoms with Crippen LogP contribution in [0, 0.1) is 0 Å². The summed E-state index contributed by atoms with van der Waals surface area (Å²) in [5, 5.41) is 12.8. The van der Waals surface area contributed by atoms with Crippen LogP contribution in [0.2, 0.25) is 0 Å². The lowest BCUT2D eigenvalue weighted by molar-refractivity contribution is 1.12. The van der Waals surface area contributed by atoms with E-state index in [1.54, 1.807) is 0 Å². The minimum atomic E-state index is -2.89. The van der Waals surface area contributed by atoms with E-state index in [9.17, 15) is 0 Å². The summed E-state index contributed by atoms with van der Waals surface area (Å²) < 4.78 is 12.2. The number of imidazole rings is 2. The van der Waals surface area contributed by atoms with Crippen molar-refractivity contribution in [1.82, 2.24) is 23.1 Å². The fourth-order valence-corrected chi connectivity index (χ4v) is 18.6. The molecule has 74 heavy (non-hydrogen) atoms. The van der Waals surface area contributed by atoms with Crippen molar-refractivity contribution in [3.8, 4) is 17.1 Å². The van der Waals surface area contributed by atoms with Crippen molar-refractivity contribution in [2.45, 2.75) is 0 Å². The summed E-state index contributed by atoms with van der Waals surface area (Å²) in [4.78, 5) is 5.88. The number of aromatic nitrogens is 5. The van der Waals surface area contributed by atoms with E-state index in [-0.39, 0.29) is 0 Å². The predicted octanol–water partition coefficient (Wildman–Crippen LogP) is 14.4. The van der Waals surface area contributed by atoms with E-state index in [0.29, 0.717) is 0 Å². The van der Waals surface area contributed by atoms with Crippen molar-refractivity contribution in [2.75, 3.05) is 0 Å². The lowest BCUT2D eigenvalue weighted by Crippen LogP contribution is -2.74. The second kappa shape index (κ2) is 15.9. The molecule has 5 heterocycles. The van der Waals surface area contributed by atoms with Gasteiger partial charge in [0.1, 0.15) is 5.52 Å². The summed E-state index contributed by atoms with van der Waals surface area (Å²) in [7, 11) is -2.89. The van der Waals surface area contributed by atoms with Crippen LogP contribution in [0.1, 0.15) is 0 Å². The van der Waals surface area contributed by atoms with Crippen LogP contribution < -0.4 is 20.7 Å². The van der Waals surface area contributed by atoms with Crippen LogP contribution in [0.3, 0.4) is 0 Å². The summed E-state index contributed by atoms with van der Waals surface area (Å²) in [6.07, 6.45) is 0. The van der Waals surface area contributed by atoms with Crippen LogP contribution in [0.15, 0.2) is 261 Å². The molecular weight excluding hydrogens is 935 g/mol. The lowest BCUT2D eigenvalue weighted by Gasteiger charge is -2.34. The van der Waals surface area contributed by atoms with Crippen molar-refractivity contribution in [3.63, 3.8) is 0 Å². The van der Waals surface area contributed by atoms with Gasteiger partial charge < -0.3 is 9.13 Å². The third kappa shape index (κ3) is 5.70. The number of rotatable bonds is 7. The molecule has 11 aromatic carbocycles. The van der Waals surface area contributed by atoms with E-state index >= 15 is 0 Å². The highest BCUT2D eigenvalue weighted by molar-refractivity contribution is 7.26. The molecule has 7 heteroatoms. The zero-order valence-corrected chi connectivity index (χ0v) is 41.8. The highest BCUT2D eigenvalue weighted by atomic mass is 32.1. The second-order valence-electron chi connectivity index (χ2n) is 19.5. The van der Waals surface area contributed by atoms with Crippen LogP contribution in [0.4, 0.5) is 0 Å². The van der Waals surface area contributed by atoms with E-state index in [4.69, 9.17) is 4.98 Å². The van der Waals surface area contributed by atoms with Gasteiger partial charge in [-0.2, -0.15) is 0 Å². The van der Waals surface area contributed by atoms with Crippen molar-refractivity contribution < 1.29 is 0 Å². The maximum absolute atomic E-state index is 5.88. The van der Waals surface area contributed by atoms with Crippen molar-refractivity contribution >= 4 is 132 Å². The monoisotopic (exact) mass is 977 g/mol. The van der Waals surface area contributed by atoms with Crippen LogP contribution in [0.5, 0.6) is 0 Å². The number of hydrogen-bond donors (Lipinski definition) is 0. The molecule has 16 aromatic rings. The largest absolute Gasteiger partial charge is 0.309 e. The summed E-state index contributed by atoms with van der Waals surface area (Å²) in [6.45, 7) is 0. The number of nitrogens with zero attached hydrogens (tertiary/aromatic N) is 5. The fourth-order valence-electron chi connectivity index (χ4n) is 12.6. The van der Waals surface area contributed by atoms with Crippen molar-refractivity contribution in [3.05, 3.63) is 261 Å². The van der Waals surface area contributed by atoms with Gasteiger partial charge >= 0.3 is 0 Å². The topological polar surface area (TPSA) is 32.1 Å². The smallest absolute Gasteiger partial charge is 0.220 e.